The van der Waals surface area contributed by atoms with Crippen LogP contribution >= 0.6 is 0 Å². The Morgan fingerprint density at radius 2 is 1.59 bits per heavy atom. The van der Waals surface area contributed by atoms with Gasteiger partial charge in [0.05, 0.1) is 27.4 Å². The molecule has 1 amide bonds. The van der Waals surface area contributed by atoms with Crippen LogP contribution in [0.1, 0.15) is 36.6 Å². The molecule has 0 heterocycles. The van der Waals surface area contributed by atoms with E-state index in [0.717, 1.165) is 11.1 Å². The van der Waals surface area contributed by atoms with Gasteiger partial charge in [-0.15, -0.1) is 0 Å². The maximum Gasteiger partial charge on any atom is 0.243 e. The molecule has 0 radical (unpaired) electrons. The van der Waals surface area contributed by atoms with E-state index in [1.54, 1.807) is 40.4 Å². The van der Waals surface area contributed by atoms with E-state index in [2.05, 4.69) is 11.8 Å². The summed E-state index contributed by atoms with van der Waals surface area (Å²) < 4.78 is 16.0. The predicted octanol–water partition coefficient (Wildman–Crippen LogP) is 3.41. The molecule has 0 saturated carbocycles. The summed E-state index contributed by atoms with van der Waals surface area (Å²) in [6.45, 7) is 3.05. The fourth-order valence-electron chi connectivity index (χ4n) is 2.59. The van der Waals surface area contributed by atoms with Crippen LogP contribution < -0.4 is 14.2 Å². The lowest BCUT2D eigenvalue weighted by molar-refractivity contribution is -0.172. The van der Waals surface area contributed by atoms with Crippen molar-refractivity contribution in [3.63, 3.8) is 0 Å². The number of ether oxygens (including phenoxy) is 3. The molecule has 2 aromatic rings. The average molecular weight is 369 g/mol. The second-order valence-corrected chi connectivity index (χ2v) is 5.83. The van der Waals surface area contributed by atoms with E-state index in [9.17, 15) is 10.0 Å². The van der Waals surface area contributed by atoms with E-state index in [1.807, 2.05) is 24.3 Å². The van der Waals surface area contributed by atoms with E-state index >= 15 is 0 Å². The van der Waals surface area contributed by atoms with Crippen molar-refractivity contribution in [2.75, 3.05) is 21.3 Å². The Balaban J connectivity index is 2.35. The van der Waals surface area contributed by atoms with Crippen molar-refractivity contribution >= 4 is 5.91 Å². The third-order valence-electron chi connectivity index (χ3n) is 4.07. The number of benzene rings is 2. The number of hydroxylamine groups is 2. The van der Waals surface area contributed by atoms with E-state index in [1.165, 1.54) is 6.92 Å². The lowest BCUT2D eigenvalue weighted by Gasteiger charge is -2.21. The van der Waals surface area contributed by atoms with Crippen molar-refractivity contribution in [1.29, 1.82) is 0 Å². The normalized spacial score (nSPS) is 11.0. The molecule has 0 aliphatic heterocycles. The largest absolute Gasteiger partial charge is 0.493 e. The summed E-state index contributed by atoms with van der Waals surface area (Å²) in [6.07, 6.45) is 0. The highest BCUT2D eigenvalue weighted by molar-refractivity contribution is 5.72. The van der Waals surface area contributed by atoms with Crippen molar-refractivity contribution in [1.82, 2.24) is 5.06 Å². The van der Waals surface area contributed by atoms with Crippen LogP contribution in [0.2, 0.25) is 0 Å². The van der Waals surface area contributed by atoms with Gasteiger partial charge in [-0.1, -0.05) is 24.0 Å². The quantitative estimate of drug-likeness (QED) is 0.497. The summed E-state index contributed by atoms with van der Waals surface area (Å²) in [6, 6.07) is 10.4. The second kappa shape index (κ2) is 8.97. The summed E-state index contributed by atoms with van der Waals surface area (Å²) in [4.78, 5) is 11.3. The van der Waals surface area contributed by atoms with E-state index in [-0.39, 0.29) is 0 Å². The molecule has 27 heavy (non-hydrogen) atoms. The van der Waals surface area contributed by atoms with Gasteiger partial charge in [-0.3, -0.25) is 10.0 Å². The van der Waals surface area contributed by atoms with Crippen LogP contribution in [-0.2, 0) is 4.79 Å². The number of carbonyl (C=O) groups is 1. The lowest BCUT2D eigenvalue weighted by atomic mass is 10.0. The number of methoxy groups -OCH3 is 3. The molecule has 0 fully saturated rings. The molecule has 6 nitrogen and oxygen atoms in total. The topological polar surface area (TPSA) is 68.2 Å². The van der Waals surface area contributed by atoms with Crippen LogP contribution in [0.25, 0.3) is 0 Å². The highest BCUT2D eigenvalue weighted by Gasteiger charge is 2.16. The van der Waals surface area contributed by atoms with Crippen LogP contribution in [0.15, 0.2) is 36.4 Å². The summed E-state index contributed by atoms with van der Waals surface area (Å²) in [5.41, 5.74) is 2.24. The first kappa shape index (κ1) is 20.1. The Bertz CT molecular complexity index is 857. The number of amides is 1. The zero-order valence-electron chi connectivity index (χ0n) is 16.1. The molecule has 142 valence electrons. The van der Waals surface area contributed by atoms with E-state index < -0.39 is 11.9 Å². The molecule has 1 atom stereocenters. The molecule has 0 spiro atoms. The Labute approximate surface area is 159 Å². The van der Waals surface area contributed by atoms with Crippen LogP contribution in [0.5, 0.6) is 17.2 Å². The summed E-state index contributed by atoms with van der Waals surface area (Å²) in [7, 11) is 4.65. The van der Waals surface area contributed by atoms with Crippen LogP contribution in [-0.4, -0.2) is 37.5 Å². The highest BCUT2D eigenvalue weighted by atomic mass is 16.5. The first-order valence-corrected chi connectivity index (χ1v) is 8.32. The van der Waals surface area contributed by atoms with Gasteiger partial charge < -0.3 is 14.2 Å². The standard InChI is InChI=1S/C21H23NO5/c1-14(22(24)15(2)23)18-8-6-7-16(11-18)9-10-17-12-19(25-3)21(27-5)20(13-17)26-4/h6-8,11-14,24H,1-5H3. The summed E-state index contributed by atoms with van der Waals surface area (Å²) in [5.74, 6) is 7.29. The minimum Gasteiger partial charge on any atom is -0.493 e. The smallest absolute Gasteiger partial charge is 0.243 e. The molecular formula is C21H23NO5. The Morgan fingerprint density at radius 3 is 2.11 bits per heavy atom. The Hall–Kier alpha value is -3.17. The zero-order chi connectivity index (χ0) is 20.0. The van der Waals surface area contributed by atoms with Crippen LogP contribution in [0, 0.1) is 11.8 Å². The van der Waals surface area contributed by atoms with Gasteiger partial charge in [-0.05, 0) is 36.8 Å². The number of carbonyl (C=O) groups excluding carboxylic acids is 1. The monoisotopic (exact) mass is 369 g/mol. The van der Waals surface area contributed by atoms with Gasteiger partial charge in [0, 0.05) is 18.1 Å². The van der Waals surface area contributed by atoms with Gasteiger partial charge >= 0.3 is 0 Å². The van der Waals surface area contributed by atoms with E-state index in [4.69, 9.17) is 14.2 Å². The first-order valence-electron chi connectivity index (χ1n) is 8.32. The van der Waals surface area contributed by atoms with Crippen molar-refractivity contribution < 1.29 is 24.2 Å². The van der Waals surface area contributed by atoms with Crippen molar-refractivity contribution in [3.8, 4) is 29.1 Å². The molecule has 2 rings (SSSR count). The molecule has 0 aromatic heterocycles. The second-order valence-electron chi connectivity index (χ2n) is 5.83. The fourth-order valence-corrected chi connectivity index (χ4v) is 2.59. The minimum atomic E-state index is -0.467. The first-order chi connectivity index (χ1) is 12.9. The molecular weight excluding hydrogens is 346 g/mol. The maximum absolute atomic E-state index is 11.3. The number of nitrogens with zero attached hydrogens (tertiary/aromatic N) is 1. The van der Waals surface area contributed by atoms with Crippen molar-refractivity contribution in [3.05, 3.63) is 53.1 Å². The number of hydrogen-bond donors (Lipinski definition) is 1. The fraction of sp³-hybridized carbons (Fsp3) is 0.286. The van der Waals surface area contributed by atoms with Gasteiger partial charge in [0.1, 0.15) is 0 Å². The molecule has 0 aliphatic carbocycles. The summed E-state index contributed by atoms with van der Waals surface area (Å²) >= 11 is 0. The zero-order valence-corrected chi connectivity index (χ0v) is 16.1. The molecule has 0 bridgehead atoms. The predicted molar refractivity (Wildman–Crippen MR) is 101 cm³/mol. The Morgan fingerprint density at radius 1 is 1.00 bits per heavy atom. The summed E-state index contributed by atoms with van der Waals surface area (Å²) in [5, 5.41) is 10.5. The van der Waals surface area contributed by atoms with Gasteiger partial charge in [-0.25, -0.2) is 5.06 Å². The average Bonchev–Trinajstić information content (AvgIpc) is 2.70. The third-order valence-corrected chi connectivity index (χ3v) is 4.07. The van der Waals surface area contributed by atoms with Gasteiger partial charge in [0.15, 0.2) is 11.5 Å². The molecule has 1 N–H and O–H groups in total. The number of rotatable bonds is 5. The molecule has 0 aliphatic rings. The number of hydrogen-bond acceptors (Lipinski definition) is 5. The van der Waals surface area contributed by atoms with Crippen LogP contribution in [0.4, 0.5) is 0 Å². The molecule has 1 unspecified atom stereocenters. The van der Waals surface area contributed by atoms with Gasteiger partial charge in [0.2, 0.25) is 11.7 Å². The SMILES string of the molecule is COc1cc(C#Cc2cccc(C(C)N(O)C(C)=O)c2)cc(OC)c1OC. The van der Waals surface area contributed by atoms with Gasteiger partial charge in [0.25, 0.3) is 0 Å². The highest BCUT2D eigenvalue weighted by Crippen LogP contribution is 2.37. The van der Waals surface area contributed by atoms with E-state index in [0.29, 0.717) is 27.9 Å². The Kier molecular flexibility index (Phi) is 6.69. The third kappa shape index (κ3) is 4.72. The maximum atomic E-state index is 11.3. The molecule has 6 heteroatoms. The van der Waals surface area contributed by atoms with Crippen molar-refractivity contribution in [2.24, 2.45) is 0 Å². The lowest BCUT2D eigenvalue weighted by Crippen LogP contribution is -2.27. The van der Waals surface area contributed by atoms with Crippen LogP contribution in [0.3, 0.4) is 0 Å². The molecule has 0 saturated heterocycles. The van der Waals surface area contributed by atoms with Gasteiger partial charge in [-0.2, -0.15) is 0 Å². The van der Waals surface area contributed by atoms with Crippen molar-refractivity contribution in [2.45, 2.75) is 19.9 Å². The minimum absolute atomic E-state index is 0.420. The molecule has 2 aromatic carbocycles.